The summed E-state index contributed by atoms with van der Waals surface area (Å²) in [6, 6.07) is 7.42. The lowest BCUT2D eigenvalue weighted by Gasteiger charge is -2.23. The summed E-state index contributed by atoms with van der Waals surface area (Å²) in [5.74, 6) is 0.871. The lowest BCUT2D eigenvalue weighted by Crippen LogP contribution is -2.40. The third kappa shape index (κ3) is 5.18. The molecule has 1 N–H and O–H groups in total. The zero-order chi connectivity index (χ0) is 21.7. The van der Waals surface area contributed by atoms with Crippen LogP contribution in [0.3, 0.4) is 0 Å². The Hall–Kier alpha value is -2.87. The number of likely N-dealkylation sites (N-methyl/N-ethyl adjacent to an activating group) is 1. The molecule has 1 aliphatic rings. The van der Waals surface area contributed by atoms with Crippen molar-refractivity contribution in [2.24, 2.45) is 0 Å². The van der Waals surface area contributed by atoms with Gasteiger partial charge in [0.25, 0.3) is 5.56 Å². The van der Waals surface area contributed by atoms with Gasteiger partial charge in [0.2, 0.25) is 5.91 Å². The van der Waals surface area contributed by atoms with Crippen LogP contribution in [0, 0.1) is 0 Å². The van der Waals surface area contributed by atoms with Crippen LogP contribution in [0.5, 0.6) is 5.75 Å². The summed E-state index contributed by atoms with van der Waals surface area (Å²) in [5.41, 5.74) is 1.12. The number of methoxy groups -OCH3 is 1. The molecule has 0 radical (unpaired) electrons. The number of ether oxygens (including phenoxy) is 1. The van der Waals surface area contributed by atoms with Gasteiger partial charge < -0.3 is 19.9 Å². The molecule has 3 rings (SSSR count). The quantitative estimate of drug-likeness (QED) is 0.776. The van der Waals surface area contributed by atoms with E-state index < -0.39 is 0 Å². The van der Waals surface area contributed by atoms with Crippen LogP contribution in [0.2, 0.25) is 0 Å². The van der Waals surface area contributed by atoms with E-state index in [4.69, 9.17) is 4.74 Å². The summed E-state index contributed by atoms with van der Waals surface area (Å²) in [7, 11) is 3.68. The monoisotopic (exact) mass is 415 g/mol. The highest BCUT2D eigenvalue weighted by Gasteiger charge is 2.21. The number of hydrogen-bond donors (Lipinski definition) is 1. The number of hydrogen-bond acceptors (Lipinski definition) is 6. The van der Waals surface area contributed by atoms with Gasteiger partial charge in [-0.25, -0.2) is 4.98 Å². The van der Waals surface area contributed by atoms with E-state index in [1.807, 2.05) is 43.0 Å². The van der Waals surface area contributed by atoms with Crippen molar-refractivity contribution in [1.29, 1.82) is 0 Å². The molecule has 1 fully saturated rings. The maximum Gasteiger partial charge on any atom is 0.294 e. The van der Waals surface area contributed by atoms with Gasteiger partial charge in [0.05, 0.1) is 19.0 Å². The Morgan fingerprint density at radius 3 is 2.80 bits per heavy atom. The van der Waals surface area contributed by atoms with Crippen molar-refractivity contribution in [1.82, 2.24) is 19.8 Å². The zero-order valence-corrected chi connectivity index (χ0v) is 18.2. The molecule has 0 spiro atoms. The summed E-state index contributed by atoms with van der Waals surface area (Å²) in [5, 5.41) is 2.87. The van der Waals surface area contributed by atoms with Crippen molar-refractivity contribution in [3.63, 3.8) is 0 Å². The van der Waals surface area contributed by atoms with Crippen molar-refractivity contribution in [3.05, 3.63) is 40.8 Å². The van der Waals surface area contributed by atoms with Gasteiger partial charge >= 0.3 is 0 Å². The lowest BCUT2D eigenvalue weighted by molar-refractivity contribution is -0.122. The Kier molecular flexibility index (Phi) is 7.10. The summed E-state index contributed by atoms with van der Waals surface area (Å²) in [6.07, 6.45) is 2.64. The van der Waals surface area contributed by atoms with Crippen LogP contribution in [-0.2, 0) is 11.3 Å². The fourth-order valence-corrected chi connectivity index (χ4v) is 3.63. The van der Waals surface area contributed by atoms with Gasteiger partial charge in [-0.15, -0.1) is 0 Å². The van der Waals surface area contributed by atoms with E-state index in [0.29, 0.717) is 17.3 Å². The number of aromatic nitrogens is 2. The minimum absolute atomic E-state index is 0. The normalized spacial score (nSPS) is 15.2. The second-order valence-corrected chi connectivity index (χ2v) is 7.96. The highest BCUT2D eigenvalue weighted by Crippen LogP contribution is 2.23. The molecule has 1 saturated heterocycles. The number of carbonyl (C=O) groups is 1. The maximum atomic E-state index is 13.5. The SMILES string of the molecule is COc1cccc(-c2cnc(N3CCCN(C)CC3)c(=O)n2CC(=O)NC(C)C)c1.[HH]. The molecule has 1 aromatic heterocycles. The molecule has 0 bridgehead atoms. The van der Waals surface area contributed by atoms with Gasteiger partial charge in [-0.3, -0.25) is 14.2 Å². The zero-order valence-electron chi connectivity index (χ0n) is 18.2. The Morgan fingerprint density at radius 1 is 1.27 bits per heavy atom. The van der Waals surface area contributed by atoms with E-state index in [9.17, 15) is 9.59 Å². The van der Waals surface area contributed by atoms with Crippen LogP contribution >= 0.6 is 0 Å². The minimum Gasteiger partial charge on any atom is -0.497 e. The van der Waals surface area contributed by atoms with Crippen molar-refractivity contribution in [2.45, 2.75) is 32.9 Å². The molecular weight excluding hydrogens is 382 g/mol. The molecule has 0 atom stereocenters. The first-order chi connectivity index (χ1) is 14.4. The largest absolute Gasteiger partial charge is 0.497 e. The fourth-order valence-electron chi connectivity index (χ4n) is 3.63. The molecule has 1 aromatic carbocycles. The topological polar surface area (TPSA) is 79.7 Å². The summed E-state index contributed by atoms with van der Waals surface area (Å²) in [4.78, 5) is 34.8. The number of nitrogens with one attached hydrogen (secondary N) is 1. The van der Waals surface area contributed by atoms with Crippen LogP contribution < -0.4 is 20.5 Å². The first-order valence-electron chi connectivity index (χ1n) is 10.4. The Labute approximate surface area is 179 Å². The Balaban J connectivity index is 0.00000341. The number of carbonyl (C=O) groups excluding carboxylic acids is 1. The summed E-state index contributed by atoms with van der Waals surface area (Å²) < 4.78 is 6.84. The Morgan fingerprint density at radius 2 is 2.07 bits per heavy atom. The second kappa shape index (κ2) is 9.75. The molecule has 1 aliphatic heterocycles. The van der Waals surface area contributed by atoms with Gasteiger partial charge in [0.1, 0.15) is 12.3 Å². The average Bonchev–Trinajstić information content (AvgIpc) is 2.93. The molecule has 0 unspecified atom stereocenters. The van der Waals surface area contributed by atoms with Gasteiger partial charge in [-0.05, 0) is 46.0 Å². The van der Waals surface area contributed by atoms with Crippen molar-refractivity contribution >= 4 is 11.7 Å². The molecule has 1 amide bonds. The lowest BCUT2D eigenvalue weighted by atomic mass is 10.1. The predicted molar refractivity (Wildman–Crippen MR) is 120 cm³/mol. The third-order valence-corrected chi connectivity index (χ3v) is 5.17. The molecule has 0 saturated carbocycles. The van der Waals surface area contributed by atoms with E-state index in [1.54, 1.807) is 13.3 Å². The molecular formula is C22H33N5O3. The van der Waals surface area contributed by atoms with E-state index in [0.717, 1.165) is 38.2 Å². The van der Waals surface area contributed by atoms with Gasteiger partial charge in [0.15, 0.2) is 5.82 Å². The third-order valence-electron chi connectivity index (χ3n) is 5.17. The molecule has 30 heavy (non-hydrogen) atoms. The van der Waals surface area contributed by atoms with Crippen LogP contribution in [0.1, 0.15) is 21.7 Å². The van der Waals surface area contributed by atoms with Crippen molar-refractivity contribution in [3.8, 4) is 17.0 Å². The van der Waals surface area contributed by atoms with E-state index >= 15 is 0 Å². The molecule has 2 heterocycles. The number of anilines is 1. The molecule has 164 valence electrons. The van der Waals surface area contributed by atoms with Gasteiger partial charge in [-0.1, -0.05) is 12.1 Å². The number of rotatable bonds is 6. The molecule has 0 aliphatic carbocycles. The first-order valence-corrected chi connectivity index (χ1v) is 10.4. The molecule has 8 heteroatoms. The molecule has 2 aromatic rings. The highest BCUT2D eigenvalue weighted by atomic mass is 16.5. The number of amides is 1. The van der Waals surface area contributed by atoms with Gasteiger partial charge in [0, 0.05) is 32.7 Å². The predicted octanol–water partition coefficient (Wildman–Crippen LogP) is 1.83. The second-order valence-electron chi connectivity index (χ2n) is 7.96. The van der Waals surface area contributed by atoms with E-state index in [-0.39, 0.29) is 25.5 Å². The summed E-state index contributed by atoms with van der Waals surface area (Å²) >= 11 is 0. The molecule has 8 nitrogen and oxygen atoms in total. The van der Waals surface area contributed by atoms with Crippen LogP contribution in [-0.4, -0.2) is 66.7 Å². The number of benzene rings is 1. The van der Waals surface area contributed by atoms with Crippen LogP contribution in [0.4, 0.5) is 5.82 Å². The van der Waals surface area contributed by atoms with E-state index in [2.05, 4.69) is 22.2 Å². The minimum atomic E-state index is -0.251. The fraction of sp³-hybridized carbons (Fsp3) is 0.500. The highest BCUT2D eigenvalue weighted by molar-refractivity contribution is 5.77. The van der Waals surface area contributed by atoms with Crippen molar-refractivity contribution in [2.75, 3.05) is 45.2 Å². The van der Waals surface area contributed by atoms with Crippen LogP contribution in [0.25, 0.3) is 11.3 Å². The number of nitrogens with zero attached hydrogens (tertiary/aromatic N) is 4. The summed E-state index contributed by atoms with van der Waals surface area (Å²) in [6.45, 7) is 7.09. The van der Waals surface area contributed by atoms with Crippen LogP contribution in [0.15, 0.2) is 35.3 Å². The smallest absolute Gasteiger partial charge is 0.294 e. The van der Waals surface area contributed by atoms with Crippen molar-refractivity contribution < 1.29 is 11.0 Å². The maximum absolute atomic E-state index is 13.5. The standard InChI is InChI=1S/C22H31N5O3.H2/c1-16(2)24-20(28)15-27-19(17-7-5-8-18(13-17)30-4)14-23-21(22(27)29)26-10-6-9-25(3)11-12-26;/h5,7-8,13-14,16H,6,9-12,15H2,1-4H3,(H,24,28);1H. The Bertz CT molecular complexity index is 947. The first kappa shape index (κ1) is 21.8. The van der Waals surface area contributed by atoms with Gasteiger partial charge in [-0.2, -0.15) is 0 Å². The van der Waals surface area contributed by atoms with E-state index in [1.165, 1.54) is 4.57 Å². The average molecular weight is 416 g/mol.